The Bertz CT molecular complexity index is 1050. The second kappa shape index (κ2) is 8.27. The number of amides is 1. The topological polar surface area (TPSA) is 64.0 Å². The van der Waals surface area contributed by atoms with E-state index in [1.807, 2.05) is 30.3 Å². The lowest BCUT2D eigenvalue weighted by Gasteiger charge is -2.14. The van der Waals surface area contributed by atoms with Crippen molar-refractivity contribution in [2.24, 2.45) is 0 Å². The predicted molar refractivity (Wildman–Crippen MR) is 114 cm³/mol. The molecule has 0 atom stereocenters. The SMILES string of the molecule is CCCCc1nc2sc3c(c2c(=O)n1NC(=O)Cc1ccccc1)CCCC3. The van der Waals surface area contributed by atoms with Gasteiger partial charge in [0.05, 0.1) is 11.8 Å². The van der Waals surface area contributed by atoms with Crippen LogP contribution >= 0.6 is 11.3 Å². The average molecular weight is 396 g/mol. The molecule has 2 aromatic heterocycles. The molecule has 1 N–H and O–H groups in total. The second-order valence-corrected chi connectivity index (χ2v) is 8.44. The minimum Gasteiger partial charge on any atom is -0.273 e. The molecule has 146 valence electrons. The number of unbranched alkanes of at least 4 members (excludes halogenated alkanes) is 1. The molecule has 1 amide bonds. The quantitative estimate of drug-likeness (QED) is 0.686. The van der Waals surface area contributed by atoms with E-state index >= 15 is 0 Å². The first-order valence-corrected chi connectivity index (χ1v) is 10.9. The molecule has 0 fully saturated rings. The number of nitrogens with one attached hydrogen (secondary N) is 1. The van der Waals surface area contributed by atoms with Crippen LogP contribution in [0.25, 0.3) is 10.2 Å². The van der Waals surface area contributed by atoms with E-state index in [-0.39, 0.29) is 17.9 Å². The monoisotopic (exact) mass is 395 g/mol. The lowest BCUT2D eigenvalue weighted by atomic mass is 9.97. The molecule has 0 bridgehead atoms. The highest BCUT2D eigenvalue weighted by molar-refractivity contribution is 7.18. The first kappa shape index (κ1) is 18.9. The Balaban J connectivity index is 1.73. The molecule has 1 aliphatic carbocycles. The summed E-state index contributed by atoms with van der Waals surface area (Å²) in [7, 11) is 0. The van der Waals surface area contributed by atoms with Gasteiger partial charge in [0.2, 0.25) is 5.91 Å². The zero-order valence-electron chi connectivity index (χ0n) is 16.2. The molecule has 0 aliphatic heterocycles. The highest BCUT2D eigenvalue weighted by Gasteiger charge is 2.22. The van der Waals surface area contributed by atoms with E-state index in [0.29, 0.717) is 17.6 Å². The van der Waals surface area contributed by atoms with Crippen LogP contribution in [0.5, 0.6) is 0 Å². The number of benzene rings is 1. The standard InChI is InChI=1S/C22H25N3O2S/c1-2-3-13-18-23-21-20(16-11-7-8-12-17(16)28-21)22(27)25(18)24-19(26)14-15-9-5-4-6-10-15/h4-6,9-10H,2-3,7-8,11-14H2,1H3,(H,24,26). The second-order valence-electron chi connectivity index (χ2n) is 7.36. The number of carbonyl (C=O) groups is 1. The predicted octanol–water partition coefficient (Wildman–Crippen LogP) is 3.99. The Morgan fingerprint density at radius 2 is 2.00 bits per heavy atom. The van der Waals surface area contributed by atoms with Crippen molar-refractivity contribution in [3.8, 4) is 0 Å². The number of carbonyl (C=O) groups excluding carboxylic acids is 1. The van der Waals surface area contributed by atoms with E-state index in [1.54, 1.807) is 11.3 Å². The smallest absolute Gasteiger partial charge is 0.273 e. The fourth-order valence-corrected chi connectivity index (χ4v) is 5.08. The van der Waals surface area contributed by atoms with Crippen molar-refractivity contribution < 1.29 is 4.79 Å². The van der Waals surface area contributed by atoms with Gasteiger partial charge in [-0.3, -0.25) is 15.0 Å². The molecule has 0 spiro atoms. The Morgan fingerprint density at radius 3 is 2.79 bits per heavy atom. The summed E-state index contributed by atoms with van der Waals surface area (Å²) in [5.74, 6) is 0.454. The number of hydrogen-bond donors (Lipinski definition) is 1. The number of rotatable bonds is 6. The van der Waals surface area contributed by atoms with Gasteiger partial charge in [-0.1, -0.05) is 43.7 Å². The zero-order valence-corrected chi connectivity index (χ0v) is 17.0. The van der Waals surface area contributed by atoms with Crippen LogP contribution < -0.4 is 11.0 Å². The maximum atomic E-state index is 13.3. The highest BCUT2D eigenvalue weighted by atomic mass is 32.1. The van der Waals surface area contributed by atoms with Crippen LogP contribution in [0.4, 0.5) is 0 Å². The van der Waals surface area contributed by atoms with Gasteiger partial charge in [-0.05, 0) is 43.2 Å². The van der Waals surface area contributed by atoms with Crippen LogP contribution in [0.1, 0.15) is 54.4 Å². The number of nitrogens with zero attached hydrogens (tertiary/aromatic N) is 2. The maximum absolute atomic E-state index is 13.3. The maximum Gasteiger partial charge on any atom is 0.281 e. The molecule has 1 aromatic carbocycles. The van der Waals surface area contributed by atoms with Gasteiger partial charge < -0.3 is 0 Å². The lowest BCUT2D eigenvalue weighted by Crippen LogP contribution is -2.37. The molecule has 6 heteroatoms. The molecule has 3 aromatic rings. The van der Waals surface area contributed by atoms with Crippen molar-refractivity contribution in [1.29, 1.82) is 0 Å². The number of thiophene rings is 1. The summed E-state index contributed by atoms with van der Waals surface area (Å²) in [4.78, 5) is 32.9. The van der Waals surface area contributed by atoms with Gasteiger partial charge in [-0.2, -0.15) is 0 Å². The third kappa shape index (κ3) is 3.74. The first-order valence-electron chi connectivity index (χ1n) is 10.1. The molecule has 5 nitrogen and oxygen atoms in total. The summed E-state index contributed by atoms with van der Waals surface area (Å²) < 4.78 is 1.41. The zero-order chi connectivity index (χ0) is 19.5. The summed E-state index contributed by atoms with van der Waals surface area (Å²) >= 11 is 1.65. The fourth-order valence-electron chi connectivity index (χ4n) is 3.81. The van der Waals surface area contributed by atoms with Gasteiger partial charge in [0.15, 0.2) is 0 Å². The van der Waals surface area contributed by atoms with Crippen molar-refractivity contribution in [1.82, 2.24) is 9.66 Å². The molecular weight excluding hydrogens is 370 g/mol. The van der Waals surface area contributed by atoms with E-state index in [9.17, 15) is 9.59 Å². The molecule has 0 unspecified atom stereocenters. The molecular formula is C22H25N3O2S. The van der Waals surface area contributed by atoms with Gasteiger partial charge in [0.25, 0.3) is 5.56 Å². The normalized spacial score (nSPS) is 13.5. The molecule has 2 heterocycles. The Labute approximate surface area is 168 Å². The molecule has 0 saturated heterocycles. The number of aryl methyl sites for hydroxylation is 3. The molecule has 1 aliphatic rings. The van der Waals surface area contributed by atoms with E-state index < -0.39 is 0 Å². The first-order chi connectivity index (χ1) is 13.7. The Kier molecular flexibility index (Phi) is 5.57. The summed E-state index contributed by atoms with van der Waals surface area (Å²) in [6.07, 6.45) is 7.08. The van der Waals surface area contributed by atoms with Crippen LogP contribution in [-0.4, -0.2) is 15.6 Å². The van der Waals surface area contributed by atoms with Crippen molar-refractivity contribution in [2.75, 3.05) is 5.43 Å². The average Bonchev–Trinajstić information content (AvgIpc) is 3.08. The van der Waals surface area contributed by atoms with Crippen LogP contribution in [0.3, 0.4) is 0 Å². The van der Waals surface area contributed by atoms with E-state index in [2.05, 4.69) is 12.3 Å². The largest absolute Gasteiger partial charge is 0.281 e. The van der Waals surface area contributed by atoms with E-state index in [0.717, 1.165) is 48.1 Å². The van der Waals surface area contributed by atoms with E-state index in [4.69, 9.17) is 4.98 Å². The van der Waals surface area contributed by atoms with Crippen molar-refractivity contribution in [3.05, 3.63) is 62.5 Å². The molecule has 28 heavy (non-hydrogen) atoms. The van der Waals surface area contributed by atoms with Gasteiger partial charge in [0, 0.05) is 11.3 Å². The molecule has 0 saturated carbocycles. The highest BCUT2D eigenvalue weighted by Crippen LogP contribution is 2.33. The molecule has 0 radical (unpaired) electrons. The minimum atomic E-state index is -0.198. The van der Waals surface area contributed by atoms with Crippen molar-refractivity contribution >= 4 is 27.5 Å². The fraction of sp³-hybridized carbons (Fsp3) is 0.409. The van der Waals surface area contributed by atoms with Gasteiger partial charge in [0.1, 0.15) is 10.7 Å². The van der Waals surface area contributed by atoms with Crippen LogP contribution in [0.2, 0.25) is 0 Å². The number of aromatic nitrogens is 2. The third-order valence-electron chi connectivity index (χ3n) is 5.26. The van der Waals surface area contributed by atoms with Crippen LogP contribution in [0.15, 0.2) is 35.1 Å². The van der Waals surface area contributed by atoms with Gasteiger partial charge >= 0.3 is 0 Å². The molecule has 4 rings (SSSR count). The Hall–Kier alpha value is -2.47. The summed E-state index contributed by atoms with van der Waals surface area (Å²) in [5, 5.41) is 0.708. The van der Waals surface area contributed by atoms with E-state index in [1.165, 1.54) is 16.0 Å². The lowest BCUT2D eigenvalue weighted by molar-refractivity contribution is -0.116. The number of fused-ring (bicyclic) bond motifs is 3. The van der Waals surface area contributed by atoms with Crippen LogP contribution in [-0.2, 0) is 30.5 Å². The minimum absolute atomic E-state index is 0.128. The van der Waals surface area contributed by atoms with Crippen LogP contribution in [0, 0.1) is 0 Å². The summed E-state index contributed by atoms with van der Waals surface area (Å²) in [6, 6.07) is 9.57. The summed E-state index contributed by atoms with van der Waals surface area (Å²) in [5.41, 5.74) is 4.78. The Morgan fingerprint density at radius 1 is 1.21 bits per heavy atom. The van der Waals surface area contributed by atoms with Crippen molar-refractivity contribution in [3.63, 3.8) is 0 Å². The summed E-state index contributed by atoms with van der Waals surface area (Å²) in [6.45, 7) is 2.11. The van der Waals surface area contributed by atoms with Gasteiger partial charge in [-0.15, -0.1) is 11.3 Å². The number of hydrogen-bond acceptors (Lipinski definition) is 4. The third-order valence-corrected chi connectivity index (χ3v) is 6.44. The van der Waals surface area contributed by atoms with Gasteiger partial charge in [-0.25, -0.2) is 9.66 Å². The van der Waals surface area contributed by atoms with Crippen molar-refractivity contribution in [2.45, 2.75) is 58.3 Å².